The molecule has 0 saturated carbocycles. The third-order valence-electron chi connectivity index (χ3n) is 2.47. The Kier molecular flexibility index (Phi) is 3.91. The Hall–Kier alpha value is -0.780. The van der Waals surface area contributed by atoms with Crippen molar-refractivity contribution in [1.82, 2.24) is 5.32 Å². The van der Waals surface area contributed by atoms with Crippen LogP contribution in [0.1, 0.15) is 16.5 Å². The monoisotopic (exact) mass is 317 g/mol. The molecule has 2 rings (SSSR count). The second-order valence-electron chi connectivity index (χ2n) is 3.52. The second-order valence-corrected chi connectivity index (χ2v) is 5.36. The van der Waals surface area contributed by atoms with Gasteiger partial charge in [-0.3, -0.25) is 0 Å². The third-order valence-corrected chi connectivity index (χ3v) is 4.01. The van der Waals surface area contributed by atoms with Crippen molar-refractivity contribution in [2.75, 3.05) is 7.05 Å². The molecule has 0 fully saturated rings. The number of hydrogen-bond donors (Lipinski definition) is 1. The van der Waals surface area contributed by atoms with Crippen LogP contribution in [-0.2, 0) is 0 Å². The summed E-state index contributed by atoms with van der Waals surface area (Å²) in [5.41, 5.74) is 0.315. The van der Waals surface area contributed by atoms with E-state index in [0.29, 0.717) is 5.56 Å². The van der Waals surface area contributed by atoms with Crippen molar-refractivity contribution in [2.45, 2.75) is 6.04 Å². The minimum atomic E-state index is -0.460. The van der Waals surface area contributed by atoms with E-state index in [1.165, 1.54) is 17.4 Å². The van der Waals surface area contributed by atoms with Crippen molar-refractivity contribution < 1.29 is 8.78 Å². The molecule has 0 aliphatic heterocycles. The van der Waals surface area contributed by atoms with Gasteiger partial charge in [0.1, 0.15) is 11.6 Å². The lowest BCUT2D eigenvalue weighted by Gasteiger charge is -2.16. The maximum atomic E-state index is 13.8. The zero-order valence-electron chi connectivity index (χ0n) is 9.01. The van der Waals surface area contributed by atoms with E-state index in [-0.39, 0.29) is 10.5 Å². The van der Waals surface area contributed by atoms with Gasteiger partial charge in [-0.2, -0.15) is 0 Å². The van der Waals surface area contributed by atoms with E-state index < -0.39 is 11.6 Å². The highest BCUT2D eigenvalue weighted by Crippen LogP contribution is 2.30. The molecule has 1 aromatic heterocycles. The molecule has 0 bridgehead atoms. The van der Waals surface area contributed by atoms with Crippen molar-refractivity contribution >= 4 is 27.3 Å². The Bertz CT molecular complexity index is 513. The first-order chi connectivity index (χ1) is 8.13. The first-order valence-corrected chi connectivity index (χ1v) is 6.66. The van der Waals surface area contributed by atoms with Gasteiger partial charge in [-0.05, 0) is 46.6 Å². The lowest BCUT2D eigenvalue weighted by Crippen LogP contribution is -2.18. The van der Waals surface area contributed by atoms with Crippen molar-refractivity contribution in [1.29, 1.82) is 0 Å². The minimum absolute atomic E-state index is 0.139. The van der Waals surface area contributed by atoms with Crippen LogP contribution in [0.3, 0.4) is 0 Å². The molecular formula is C12H10BrF2NS. The Morgan fingerprint density at radius 3 is 2.65 bits per heavy atom. The zero-order valence-corrected chi connectivity index (χ0v) is 11.4. The summed E-state index contributed by atoms with van der Waals surface area (Å²) in [4.78, 5) is 0.952. The molecule has 0 aliphatic rings. The first-order valence-electron chi connectivity index (χ1n) is 4.98. The van der Waals surface area contributed by atoms with Gasteiger partial charge in [-0.25, -0.2) is 8.78 Å². The fourth-order valence-electron chi connectivity index (χ4n) is 1.67. The molecular weight excluding hydrogens is 308 g/mol. The predicted octanol–water partition coefficient (Wildman–Crippen LogP) is 4.10. The maximum absolute atomic E-state index is 13.8. The number of thiophene rings is 1. The van der Waals surface area contributed by atoms with Crippen LogP contribution >= 0.6 is 27.3 Å². The normalized spacial score (nSPS) is 12.7. The second kappa shape index (κ2) is 5.25. The Morgan fingerprint density at radius 1 is 1.29 bits per heavy atom. The Labute approximate surface area is 111 Å². The molecule has 0 radical (unpaired) electrons. The fourth-order valence-corrected chi connectivity index (χ4v) is 2.83. The van der Waals surface area contributed by atoms with Crippen LogP contribution in [0.4, 0.5) is 8.78 Å². The smallest absolute Gasteiger partial charge is 0.137 e. The van der Waals surface area contributed by atoms with E-state index in [4.69, 9.17) is 0 Å². The quantitative estimate of drug-likeness (QED) is 0.840. The molecule has 5 heteroatoms. The van der Waals surface area contributed by atoms with E-state index in [0.717, 1.165) is 10.9 Å². The highest BCUT2D eigenvalue weighted by Gasteiger charge is 2.19. The van der Waals surface area contributed by atoms with Crippen LogP contribution in [0.15, 0.2) is 34.1 Å². The van der Waals surface area contributed by atoms with Gasteiger partial charge < -0.3 is 5.32 Å². The summed E-state index contributed by atoms with van der Waals surface area (Å²) in [6.07, 6.45) is 0. The van der Waals surface area contributed by atoms with Gasteiger partial charge in [-0.15, -0.1) is 11.3 Å². The number of nitrogens with one attached hydrogen (secondary N) is 1. The molecule has 0 aliphatic carbocycles. The van der Waals surface area contributed by atoms with Crippen LogP contribution in [0, 0.1) is 11.6 Å². The van der Waals surface area contributed by atoms with E-state index in [9.17, 15) is 8.78 Å². The van der Waals surface area contributed by atoms with Crippen LogP contribution < -0.4 is 5.32 Å². The molecule has 1 nitrogen and oxygen atoms in total. The van der Waals surface area contributed by atoms with Crippen LogP contribution in [0.25, 0.3) is 0 Å². The van der Waals surface area contributed by atoms with E-state index in [1.54, 1.807) is 7.05 Å². The lowest BCUT2D eigenvalue weighted by molar-refractivity contribution is 0.557. The molecule has 1 N–H and O–H groups in total. The van der Waals surface area contributed by atoms with Crippen LogP contribution in [0.2, 0.25) is 0 Å². The summed E-state index contributed by atoms with van der Waals surface area (Å²) in [5, 5.41) is 4.91. The maximum Gasteiger partial charge on any atom is 0.137 e. The average Bonchev–Trinajstić information content (AvgIpc) is 2.80. The van der Waals surface area contributed by atoms with Crippen molar-refractivity contribution in [2.24, 2.45) is 0 Å². The van der Waals surface area contributed by atoms with Gasteiger partial charge in [0.2, 0.25) is 0 Å². The lowest BCUT2D eigenvalue weighted by atomic mass is 10.0. The van der Waals surface area contributed by atoms with Gasteiger partial charge in [-0.1, -0.05) is 6.07 Å². The summed E-state index contributed by atoms with van der Waals surface area (Å²) >= 11 is 4.47. The van der Waals surface area contributed by atoms with Gasteiger partial charge in [0.25, 0.3) is 0 Å². The number of hydrogen-bond acceptors (Lipinski definition) is 2. The fraction of sp³-hybridized carbons (Fsp3) is 0.167. The van der Waals surface area contributed by atoms with E-state index >= 15 is 0 Å². The first kappa shape index (κ1) is 12.7. The standard InChI is InChI=1S/C12H10BrF2NS/c1-16-12(11-3-2-4-17-11)7-5-10(15)8(13)6-9(7)14/h2-6,12,16H,1H3. The summed E-state index contributed by atoms with van der Waals surface area (Å²) in [7, 11) is 1.73. The summed E-state index contributed by atoms with van der Waals surface area (Å²) in [6.45, 7) is 0. The number of rotatable bonds is 3. The van der Waals surface area contributed by atoms with E-state index in [2.05, 4.69) is 21.2 Å². The molecule has 0 saturated heterocycles. The Morgan fingerprint density at radius 2 is 2.06 bits per heavy atom. The molecule has 0 spiro atoms. The Balaban J connectivity index is 2.48. The van der Waals surface area contributed by atoms with Crippen LogP contribution in [0.5, 0.6) is 0 Å². The number of halogens is 3. The zero-order chi connectivity index (χ0) is 12.4. The molecule has 2 aromatic rings. The van der Waals surface area contributed by atoms with Gasteiger partial charge in [0.15, 0.2) is 0 Å². The minimum Gasteiger partial charge on any atom is -0.309 e. The van der Waals surface area contributed by atoms with E-state index in [1.807, 2.05) is 17.5 Å². The molecule has 17 heavy (non-hydrogen) atoms. The van der Waals surface area contributed by atoms with Crippen LogP contribution in [-0.4, -0.2) is 7.05 Å². The average molecular weight is 318 g/mol. The van der Waals surface area contributed by atoms with Gasteiger partial charge in [0.05, 0.1) is 10.5 Å². The molecule has 0 amide bonds. The number of benzene rings is 1. The molecule has 1 unspecified atom stereocenters. The summed E-state index contributed by atoms with van der Waals surface area (Å²) in [5.74, 6) is -0.885. The SMILES string of the molecule is CNC(c1cccs1)c1cc(F)c(Br)cc1F. The molecule has 90 valence electrons. The topological polar surface area (TPSA) is 12.0 Å². The summed E-state index contributed by atoms with van der Waals surface area (Å²) in [6, 6.07) is 5.84. The molecule has 1 aromatic carbocycles. The van der Waals surface area contributed by atoms with Gasteiger partial charge >= 0.3 is 0 Å². The predicted molar refractivity (Wildman–Crippen MR) is 69.3 cm³/mol. The summed E-state index contributed by atoms with van der Waals surface area (Å²) < 4.78 is 27.4. The largest absolute Gasteiger partial charge is 0.309 e. The molecule has 1 atom stereocenters. The molecule has 1 heterocycles. The van der Waals surface area contributed by atoms with Crippen molar-refractivity contribution in [3.8, 4) is 0 Å². The highest BCUT2D eigenvalue weighted by molar-refractivity contribution is 9.10. The highest BCUT2D eigenvalue weighted by atomic mass is 79.9. The van der Waals surface area contributed by atoms with Gasteiger partial charge in [0, 0.05) is 10.4 Å². The van der Waals surface area contributed by atoms with Crippen molar-refractivity contribution in [3.63, 3.8) is 0 Å². The van der Waals surface area contributed by atoms with Crippen molar-refractivity contribution in [3.05, 3.63) is 56.2 Å². The third kappa shape index (κ3) is 2.56.